The van der Waals surface area contributed by atoms with Crippen LogP contribution in [-0.4, -0.2) is 23.0 Å². The van der Waals surface area contributed by atoms with Gasteiger partial charge in [-0.1, -0.05) is 96.8 Å². The van der Waals surface area contributed by atoms with Gasteiger partial charge in [0.1, 0.15) is 6.04 Å². The second-order valence-electron chi connectivity index (χ2n) is 7.33. The molecule has 4 heteroatoms. The highest BCUT2D eigenvalue weighted by molar-refractivity contribution is 5.83. The summed E-state index contributed by atoms with van der Waals surface area (Å²) >= 11 is 0. The van der Waals surface area contributed by atoms with E-state index in [0.29, 0.717) is 6.42 Å². The van der Waals surface area contributed by atoms with E-state index >= 15 is 0 Å². The molecular weight excluding hydrogens is 314 g/mol. The van der Waals surface area contributed by atoms with Crippen LogP contribution in [-0.2, 0) is 9.59 Å². The van der Waals surface area contributed by atoms with Crippen LogP contribution in [0, 0.1) is 0 Å². The van der Waals surface area contributed by atoms with Crippen molar-refractivity contribution in [2.24, 2.45) is 0 Å². The number of hydrogen-bond acceptors (Lipinski definition) is 2. The molecular formula is C21H41NO3. The van der Waals surface area contributed by atoms with Gasteiger partial charge in [-0.15, -0.1) is 0 Å². The number of carbonyl (C=O) groups is 2. The summed E-state index contributed by atoms with van der Waals surface area (Å²) in [6, 6.07) is -0.788. The lowest BCUT2D eigenvalue weighted by Gasteiger charge is -2.08. The van der Waals surface area contributed by atoms with Crippen molar-refractivity contribution in [1.29, 1.82) is 0 Å². The molecule has 0 aromatic carbocycles. The van der Waals surface area contributed by atoms with Gasteiger partial charge in [-0.2, -0.15) is 0 Å². The highest BCUT2D eigenvalue weighted by Gasteiger charge is 2.12. The van der Waals surface area contributed by atoms with Crippen LogP contribution < -0.4 is 5.32 Å². The minimum Gasteiger partial charge on any atom is -0.480 e. The molecule has 0 rings (SSSR count). The second-order valence-corrected chi connectivity index (χ2v) is 7.33. The number of unbranched alkanes of at least 4 members (excludes halogenated alkanes) is 14. The number of amides is 1. The van der Waals surface area contributed by atoms with Crippen molar-refractivity contribution in [3.63, 3.8) is 0 Å². The van der Waals surface area contributed by atoms with E-state index in [9.17, 15) is 9.59 Å². The molecule has 148 valence electrons. The largest absolute Gasteiger partial charge is 0.480 e. The number of hydrogen-bond donors (Lipinski definition) is 2. The molecule has 0 aliphatic carbocycles. The quantitative estimate of drug-likeness (QED) is 0.304. The zero-order chi connectivity index (χ0) is 18.8. The van der Waals surface area contributed by atoms with Crippen LogP contribution >= 0.6 is 0 Å². The molecule has 0 radical (unpaired) electrons. The Bertz CT molecular complexity index is 331. The Morgan fingerprint density at radius 3 is 1.44 bits per heavy atom. The molecule has 0 saturated carbocycles. The van der Waals surface area contributed by atoms with Crippen LogP contribution in [0.2, 0.25) is 0 Å². The predicted molar refractivity (Wildman–Crippen MR) is 105 cm³/mol. The van der Waals surface area contributed by atoms with Crippen LogP contribution in [0.5, 0.6) is 0 Å². The first-order valence-corrected chi connectivity index (χ1v) is 10.6. The van der Waals surface area contributed by atoms with Gasteiger partial charge in [-0.3, -0.25) is 9.59 Å². The first kappa shape index (κ1) is 23.9. The van der Waals surface area contributed by atoms with Crippen molar-refractivity contribution in [2.45, 2.75) is 123 Å². The second kappa shape index (κ2) is 17.8. The molecule has 1 amide bonds. The van der Waals surface area contributed by atoms with E-state index < -0.39 is 12.0 Å². The Kier molecular flexibility index (Phi) is 17.0. The molecule has 0 bridgehead atoms. The topological polar surface area (TPSA) is 66.4 Å². The lowest BCUT2D eigenvalue weighted by atomic mass is 10.0. The normalized spacial score (nSPS) is 12.1. The lowest BCUT2D eigenvalue weighted by Crippen LogP contribution is -2.38. The smallest absolute Gasteiger partial charge is 0.325 e. The summed E-state index contributed by atoms with van der Waals surface area (Å²) in [5.74, 6) is -1.13. The van der Waals surface area contributed by atoms with Crippen molar-refractivity contribution in [1.82, 2.24) is 5.32 Å². The lowest BCUT2D eigenvalue weighted by molar-refractivity contribution is -0.141. The van der Waals surface area contributed by atoms with Gasteiger partial charge >= 0.3 is 5.97 Å². The first-order chi connectivity index (χ1) is 12.1. The molecule has 0 aliphatic heterocycles. The minimum atomic E-state index is -0.982. The summed E-state index contributed by atoms with van der Waals surface area (Å²) in [4.78, 5) is 22.2. The van der Waals surface area contributed by atoms with E-state index in [2.05, 4.69) is 12.2 Å². The highest BCUT2D eigenvalue weighted by Crippen LogP contribution is 2.13. The summed E-state index contributed by atoms with van der Waals surface area (Å²) in [5.41, 5.74) is 0. The third kappa shape index (κ3) is 17.6. The number of rotatable bonds is 18. The van der Waals surface area contributed by atoms with E-state index in [1.165, 1.54) is 90.4 Å². The van der Waals surface area contributed by atoms with Crippen LogP contribution in [0.1, 0.15) is 117 Å². The van der Waals surface area contributed by atoms with Gasteiger partial charge in [-0.25, -0.2) is 0 Å². The van der Waals surface area contributed by atoms with Gasteiger partial charge in [-0.05, 0) is 13.3 Å². The van der Waals surface area contributed by atoms with Crippen molar-refractivity contribution >= 4 is 11.9 Å². The predicted octanol–water partition coefficient (Wildman–Crippen LogP) is 5.84. The van der Waals surface area contributed by atoms with Gasteiger partial charge in [0.15, 0.2) is 0 Å². The minimum absolute atomic E-state index is 0.149. The number of carbonyl (C=O) groups excluding carboxylic acids is 1. The summed E-state index contributed by atoms with van der Waals surface area (Å²) in [7, 11) is 0. The molecule has 2 N–H and O–H groups in total. The van der Waals surface area contributed by atoms with Gasteiger partial charge in [0.25, 0.3) is 0 Å². The molecule has 0 aliphatic rings. The fourth-order valence-electron chi connectivity index (χ4n) is 3.03. The van der Waals surface area contributed by atoms with Crippen molar-refractivity contribution in [2.75, 3.05) is 0 Å². The zero-order valence-electron chi connectivity index (χ0n) is 16.7. The maximum absolute atomic E-state index is 11.5. The Balaban J connectivity index is 3.19. The monoisotopic (exact) mass is 355 g/mol. The van der Waals surface area contributed by atoms with Crippen LogP contribution in [0.4, 0.5) is 0 Å². The summed E-state index contributed by atoms with van der Waals surface area (Å²) in [6.45, 7) is 3.76. The van der Waals surface area contributed by atoms with Crippen LogP contribution in [0.25, 0.3) is 0 Å². The molecule has 0 spiro atoms. The third-order valence-corrected chi connectivity index (χ3v) is 4.76. The molecule has 1 atom stereocenters. The van der Waals surface area contributed by atoms with Gasteiger partial charge < -0.3 is 10.4 Å². The summed E-state index contributed by atoms with van der Waals surface area (Å²) < 4.78 is 0. The maximum atomic E-state index is 11.5. The van der Waals surface area contributed by atoms with Gasteiger partial charge in [0, 0.05) is 6.42 Å². The Morgan fingerprint density at radius 2 is 1.08 bits per heavy atom. The maximum Gasteiger partial charge on any atom is 0.325 e. The fraction of sp³-hybridized carbons (Fsp3) is 0.905. The average Bonchev–Trinajstić information content (AvgIpc) is 2.58. The molecule has 0 unspecified atom stereocenters. The van der Waals surface area contributed by atoms with Gasteiger partial charge in [0.2, 0.25) is 5.91 Å². The zero-order valence-corrected chi connectivity index (χ0v) is 16.7. The Morgan fingerprint density at radius 1 is 0.720 bits per heavy atom. The first-order valence-electron chi connectivity index (χ1n) is 10.6. The van der Waals surface area contributed by atoms with Crippen LogP contribution in [0.3, 0.4) is 0 Å². The third-order valence-electron chi connectivity index (χ3n) is 4.76. The SMILES string of the molecule is CCCCCCCCCCCCCCCCCC(=O)N[C@H](C)C(=O)O. The van der Waals surface area contributed by atoms with E-state index in [0.717, 1.165) is 12.8 Å². The molecule has 0 heterocycles. The summed E-state index contributed by atoms with van der Waals surface area (Å²) in [5, 5.41) is 11.2. The average molecular weight is 356 g/mol. The molecule has 0 aromatic heterocycles. The highest BCUT2D eigenvalue weighted by atomic mass is 16.4. The van der Waals surface area contributed by atoms with E-state index in [4.69, 9.17) is 5.11 Å². The number of carboxylic acid groups (broad SMARTS) is 1. The number of nitrogens with one attached hydrogen (secondary N) is 1. The molecule has 25 heavy (non-hydrogen) atoms. The molecule has 4 nitrogen and oxygen atoms in total. The van der Waals surface area contributed by atoms with E-state index in [1.807, 2.05) is 0 Å². The molecule has 0 aromatic rings. The standard InChI is InChI=1S/C21H41NO3/c1-3-4-5-6-7-8-9-10-11-12-13-14-15-16-17-18-20(23)22-19(2)21(24)25/h19H,3-18H2,1-2H3,(H,22,23)(H,24,25)/t19-/m1/s1. The van der Waals surface area contributed by atoms with Crippen molar-refractivity contribution in [3.05, 3.63) is 0 Å². The van der Waals surface area contributed by atoms with Gasteiger partial charge in [0.05, 0.1) is 0 Å². The fourth-order valence-corrected chi connectivity index (χ4v) is 3.03. The van der Waals surface area contributed by atoms with E-state index in [1.54, 1.807) is 0 Å². The Hall–Kier alpha value is -1.06. The van der Waals surface area contributed by atoms with Crippen molar-refractivity contribution < 1.29 is 14.7 Å². The molecule has 0 saturated heterocycles. The van der Waals surface area contributed by atoms with Crippen molar-refractivity contribution in [3.8, 4) is 0 Å². The number of aliphatic carboxylic acids is 1. The van der Waals surface area contributed by atoms with Crippen LogP contribution in [0.15, 0.2) is 0 Å². The Labute approximate surface area is 155 Å². The molecule has 0 fully saturated rings. The number of carboxylic acids is 1. The summed E-state index contributed by atoms with van der Waals surface area (Å²) in [6.07, 6.45) is 20.0. The van der Waals surface area contributed by atoms with E-state index in [-0.39, 0.29) is 5.91 Å².